The second-order valence-electron chi connectivity index (χ2n) is 3.46. The van der Waals surface area contributed by atoms with Crippen molar-refractivity contribution < 1.29 is 13.5 Å². The van der Waals surface area contributed by atoms with E-state index in [-0.39, 0.29) is 5.75 Å². The number of halogens is 4. The highest BCUT2D eigenvalue weighted by molar-refractivity contribution is 9.10. The lowest BCUT2D eigenvalue weighted by Crippen LogP contribution is -2.07. The first kappa shape index (κ1) is 14.5. The third-order valence-corrected chi connectivity index (χ3v) is 3.74. The number of rotatable bonds is 5. The molecule has 102 valence electrons. The molecule has 1 N–H and O–H groups in total. The molecule has 1 aromatic heterocycles. The molecular formula is C11H8BrClF2N2OS. The van der Waals surface area contributed by atoms with Gasteiger partial charge in [-0.05, 0) is 28.1 Å². The number of hydrogen-bond acceptors (Lipinski definition) is 4. The molecule has 1 aromatic carbocycles. The van der Waals surface area contributed by atoms with Crippen LogP contribution >= 0.6 is 38.9 Å². The van der Waals surface area contributed by atoms with Gasteiger partial charge in [-0.3, -0.25) is 4.98 Å². The van der Waals surface area contributed by atoms with Gasteiger partial charge in [-0.15, -0.1) is 11.3 Å². The smallest absolute Gasteiger partial charge is 0.387 e. The number of aromatic nitrogens is 1. The minimum absolute atomic E-state index is 0.0314. The van der Waals surface area contributed by atoms with Crippen molar-refractivity contribution in [1.82, 2.24) is 4.98 Å². The molecule has 0 aliphatic rings. The van der Waals surface area contributed by atoms with Crippen LogP contribution in [0.3, 0.4) is 0 Å². The van der Waals surface area contributed by atoms with E-state index in [1.54, 1.807) is 11.7 Å². The summed E-state index contributed by atoms with van der Waals surface area (Å²) in [5, 5.41) is 3.42. The molecule has 0 amide bonds. The average Bonchev–Trinajstić information content (AvgIpc) is 2.83. The van der Waals surface area contributed by atoms with Gasteiger partial charge in [0.25, 0.3) is 0 Å². The van der Waals surface area contributed by atoms with E-state index < -0.39 is 6.61 Å². The summed E-state index contributed by atoms with van der Waals surface area (Å²) in [6, 6.07) is 3.03. The van der Waals surface area contributed by atoms with E-state index in [2.05, 4.69) is 31.0 Å². The quantitative estimate of drug-likeness (QED) is 0.824. The van der Waals surface area contributed by atoms with E-state index in [4.69, 9.17) is 11.6 Å². The Bertz CT molecular complexity index is 554. The van der Waals surface area contributed by atoms with Gasteiger partial charge in [0.15, 0.2) is 5.75 Å². The fraction of sp³-hybridized carbons (Fsp3) is 0.182. The van der Waals surface area contributed by atoms with E-state index in [0.717, 1.165) is 4.88 Å². The number of anilines is 1. The van der Waals surface area contributed by atoms with Gasteiger partial charge in [-0.1, -0.05) is 11.6 Å². The van der Waals surface area contributed by atoms with Crippen molar-refractivity contribution in [2.24, 2.45) is 0 Å². The van der Waals surface area contributed by atoms with E-state index in [1.807, 2.05) is 0 Å². The van der Waals surface area contributed by atoms with Crippen molar-refractivity contribution in [3.8, 4) is 5.75 Å². The van der Waals surface area contributed by atoms with Gasteiger partial charge in [-0.25, -0.2) is 0 Å². The van der Waals surface area contributed by atoms with Crippen LogP contribution in [0.1, 0.15) is 4.88 Å². The maximum absolute atomic E-state index is 12.4. The molecule has 0 fully saturated rings. The summed E-state index contributed by atoms with van der Waals surface area (Å²) in [6.07, 6.45) is 1.70. The number of nitrogens with one attached hydrogen (secondary N) is 1. The molecule has 0 bridgehead atoms. The van der Waals surface area contributed by atoms with Crippen LogP contribution in [-0.2, 0) is 6.54 Å². The maximum atomic E-state index is 12.4. The highest BCUT2D eigenvalue weighted by atomic mass is 79.9. The Kier molecular flexibility index (Phi) is 4.95. The summed E-state index contributed by atoms with van der Waals surface area (Å²) < 4.78 is 29.6. The SMILES string of the molecule is FC(F)Oc1c(Br)cc(Cl)cc1NCc1cncs1. The Balaban J connectivity index is 2.21. The zero-order valence-corrected chi connectivity index (χ0v) is 12.5. The van der Waals surface area contributed by atoms with Gasteiger partial charge in [0.2, 0.25) is 0 Å². The summed E-state index contributed by atoms with van der Waals surface area (Å²) in [4.78, 5) is 4.90. The van der Waals surface area contributed by atoms with Crippen LogP contribution in [0.25, 0.3) is 0 Å². The van der Waals surface area contributed by atoms with Gasteiger partial charge < -0.3 is 10.1 Å². The van der Waals surface area contributed by atoms with Crippen LogP contribution < -0.4 is 10.1 Å². The second kappa shape index (κ2) is 6.49. The first-order chi connectivity index (χ1) is 9.06. The number of hydrogen-bond donors (Lipinski definition) is 1. The molecule has 0 saturated carbocycles. The Morgan fingerprint density at radius 1 is 1.47 bits per heavy atom. The van der Waals surface area contributed by atoms with Crippen molar-refractivity contribution in [3.63, 3.8) is 0 Å². The second-order valence-corrected chi connectivity index (χ2v) is 5.73. The first-order valence-electron chi connectivity index (χ1n) is 5.11. The maximum Gasteiger partial charge on any atom is 0.387 e. The molecular weight excluding hydrogens is 362 g/mol. The predicted molar refractivity (Wildman–Crippen MR) is 75.2 cm³/mol. The zero-order valence-electron chi connectivity index (χ0n) is 9.37. The molecule has 19 heavy (non-hydrogen) atoms. The molecule has 0 aliphatic heterocycles. The van der Waals surface area contributed by atoms with Crippen molar-refractivity contribution in [1.29, 1.82) is 0 Å². The van der Waals surface area contributed by atoms with Gasteiger partial charge in [-0.2, -0.15) is 8.78 Å². The van der Waals surface area contributed by atoms with Crippen LogP contribution in [0.2, 0.25) is 5.02 Å². The molecule has 8 heteroatoms. The van der Waals surface area contributed by atoms with Crippen molar-refractivity contribution in [2.75, 3.05) is 5.32 Å². The number of thiazole rings is 1. The Morgan fingerprint density at radius 3 is 2.89 bits per heavy atom. The van der Waals surface area contributed by atoms with Gasteiger partial charge in [0.1, 0.15) is 0 Å². The fourth-order valence-electron chi connectivity index (χ4n) is 1.41. The summed E-state index contributed by atoms with van der Waals surface area (Å²) in [6.45, 7) is -2.45. The van der Waals surface area contributed by atoms with Crippen LogP contribution in [0, 0.1) is 0 Å². The Hall–Kier alpha value is -0.920. The lowest BCUT2D eigenvalue weighted by molar-refractivity contribution is -0.0498. The van der Waals surface area contributed by atoms with E-state index in [9.17, 15) is 8.78 Å². The van der Waals surface area contributed by atoms with E-state index in [0.29, 0.717) is 21.7 Å². The standard InChI is InChI=1S/C11H8BrClF2N2OS/c12-8-1-6(13)2-9(10(8)18-11(14)15)17-4-7-3-16-5-19-7/h1-3,5,11,17H,4H2. The van der Waals surface area contributed by atoms with Crippen LogP contribution in [-0.4, -0.2) is 11.6 Å². The number of benzene rings is 1. The Morgan fingerprint density at radius 2 is 2.26 bits per heavy atom. The summed E-state index contributed by atoms with van der Waals surface area (Å²) in [5.41, 5.74) is 2.09. The molecule has 1 heterocycles. The molecule has 0 unspecified atom stereocenters. The molecule has 2 rings (SSSR count). The highest BCUT2D eigenvalue weighted by Crippen LogP contribution is 2.37. The van der Waals surface area contributed by atoms with Crippen LogP contribution in [0.15, 0.2) is 28.3 Å². The van der Waals surface area contributed by atoms with Gasteiger partial charge in [0.05, 0.1) is 22.2 Å². The molecule has 0 saturated heterocycles. The number of nitrogens with zero attached hydrogens (tertiary/aromatic N) is 1. The van der Waals surface area contributed by atoms with Crippen molar-refractivity contribution in [3.05, 3.63) is 38.2 Å². The largest absolute Gasteiger partial charge is 0.431 e. The minimum atomic E-state index is -2.90. The fourth-order valence-corrected chi connectivity index (χ4v) is 2.85. The summed E-state index contributed by atoms with van der Waals surface area (Å²) in [7, 11) is 0. The van der Waals surface area contributed by atoms with E-state index >= 15 is 0 Å². The first-order valence-corrected chi connectivity index (χ1v) is 7.16. The molecule has 2 aromatic rings. The number of alkyl halides is 2. The lowest BCUT2D eigenvalue weighted by Gasteiger charge is -2.14. The third kappa shape index (κ3) is 4.02. The topological polar surface area (TPSA) is 34.1 Å². The number of ether oxygens (including phenoxy) is 1. The van der Waals surface area contributed by atoms with Crippen LogP contribution in [0.4, 0.5) is 14.5 Å². The zero-order chi connectivity index (χ0) is 13.8. The van der Waals surface area contributed by atoms with Crippen molar-refractivity contribution in [2.45, 2.75) is 13.2 Å². The highest BCUT2D eigenvalue weighted by Gasteiger charge is 2.15. The third-order valence-electron chi connectivity index (χ3n) is 2.15. The molecule has 0 radical (unpaired) electrons. The summed E-state index contributed by atoms with van der Waals surface area (Å²) in [5.74, 6) is 0.0314. The minimum Gasteiger partial charge on any atom is -0.431 e. The van der Waals surface area contributed by atoms with Gasteiger partial charge in [0, 0.05) is 16.1 Å². The normalized spacial score (nSPS) is 10.8. The monoisotopic (exact) mass is 368 g/mol. The van der Waals surface area contributed by atoms with Crippen LogP contribution in [0.5, 0.6) is 5.75 Å². The molecule has 3 nitrogen and oxygen atoms in total. The average molecular weight is 370 g/mol. The summed E-state index contributed by atoms with van der Waals surface area (Å²) >= 11 is 10.5. The molecule has 0 atom stereocenters. The molecule has 0 aliphatic carbocycles. The van der Waals surface area contributed by atoms with Gasteiger partial charge >= 0.3 is 6.61 Å². The lowest BCUT2D eigenvalue weighted by atomic mass is 10.3. The Labute approximate surface area is 125 Å². The predicted octanol–water partition coefficient (Wildman–Crippen LogP) is 4.77. The van der Waals surface area contributed by atoms with Crippen molar-refractivity contribution >= 4 is 44.6 Å². The van der Waals surface area contributed by atoms with E-state index in [1.165, 1.54) is 23.5 Å². The molecule has 0 spiro atoms.